The van der Waals surface area contributed by atoms with E-state index in [2.05, 4.69) is 41.4 Å². The molecule has 2 N–H and O–H groups in total. The topological polar surface area (TPSA) is 84.4 Å². The van der Waals surface area contributed by atoms with Crippen LogP contribution in [-0.4, -0.2) is 41.6 Å². The molecule has 4 aromatic rings. The van der Waals surface area contributed by atoms with Crippen molar-refractivity contribution in [3.8, 4) is 5.75 Å². The van der Waals surface area contributed by atoms with Crippen LogP contribution in [-0.2, 0) is 9.53 Å². The second-order valence-corrected chi connectivity index (χ2v) is 8.04. The van der Waals surface area contributed by atoms with Gasteiger partial charge in [0.2, 0.25) is 0 Å². The lowest BCUT2D eigenvalue weighted by Crippen LogP contribution is -2.04. The van der Waals surface area contributed by atoms with Gasteiger partial charge in [-0.25, -0.2) is 4.79 Å². The van der Waals surface area contributed by atoms with Gasteiger partial charge in [-0.2, -0.15) is 5.10 Å². The quantitative estimate of drug-likeness (QED) is 0.168. The Kier molecular flexibility index (Phi) is 7.75. The van der Waals surface area contributed by atoms with Gasteiger partial charge in [0.25, 0.3) is 0 Å². The molecule has 0 amide bonds. The van der Waals surface area contributed by atoms with Crippen molar-refractivity contribution in [3.05, 3.63) is 101 Å². The number of nitrogens with one attached hydrogen (secondary N) is 1. The molecule has 4 rings (SSSR count). The van der Waals surface area contributed by atoms with Crippen molar-refractivity contribution in [1.82, 2.24) is 10.2 Å². The van der Waals surface area contributed by atoms with Gasteiger partial charge in [-0.15, -0.1) is 0 Å². The molecule has 1 heterocycles. The largest absolute Gasteiger partial charge is 0.491 e. The highest BCUT2D eigenvalue weighted by Gasteiger charge is 2.15. The van der Waals surface area contributed by atoms with E-state index >= 15 is 0 Å². The lowest BCUT2D eigenvalue weighted by Gasteiger charge is -2.17. The van der Waals surface area contributed by atoms with E-state index in [1.54, 1.807) is 13.2 Å². The van der Waals surface area contributed by atoms with Gasteiger partial charge in [0.05, 0.1) is 18.3 Å². The molecule has 0 aliphatic rings. The first-order valence-corrected chi connectivity index (χ1v) is 11.5. The van der Waals surface area contributed by atoms with E-state index in [0.717, 1.165) is 57.0 Å². The number of aromatic nitrogens is 2. The van der Waals surface area contributed by atoms with E-state index in [0.29, 0.717) is 13.2 Å². The Bertz CT molecular complexity index is 1370. The van der Waals surface area contributed by atoms with Gasteiger partial charge >= 0.3 is 5.97 Å². The summed E-state index contributed by atoms with van der Waals surface area (Å²) >= 11 is 0. The minimum absolute atomic E-state index is 0.487. The molecule has 0 radical (unpaired) electrons. The second-order valence-electron chi connectivity index (χ2n) is 8.04. The standard InChI is InChI=1S/C29H28N2O4/c1-3-26(22-5-4-6-25(18-22)35-16-15-34-2)29(23-12-13-27-24(17-23)19-30-31-27)21-10-7-20(8-11-21)9-14-28(32)33/h4-14,17-19H,3,15-16H2,1-2H3,(H,30,31)(H,32,33). The molecule has 6 heteroatoms. The molecule has 0 fully saturated rings. The first kappa shape index (κ1) is 24.0. The zero-order valence-electron chi connectivity index (χ0n) is 19.8. The molecule has 0 aliphatic heterocycles. The molecule has 0 atom stereocenters. The molecule has 1 aromatic heterocycles. The van der Waals surface area contributed by atoms with E-state index in [4.69, 9.17) is 14.6 Å². The summed E-state index contributed by atoms with van der Waals surface area (Å²) in [5.74, 6) is -0.173. The lowest BCUT2D eigenvalue weighted by molar-refractivity contribution is -0.131. The van der Waals surface area contributed by atoms with Crippen LogP contribution in [0.4, 0.5) is 0 Å². The molecular weight excluding hydrogens is 440 g/mol. The smallest absolute Gasteiger partial charge is 0.328 e. The van der Waals surface area contributed by atoms with Crippen molar-refractivity contribution in [2.24, 2.45) is 0 Å². The number of ether oxygens (including phenoxy) is 2. The lowest BCUT2D eigenvalue weighted by atomic mass is 9.87. The first-order valence-electron chi connectivity index (χ1n) is 11.5. The van der Waals surface area contributed by atoms with Crippen molar-refractivity contribution in [2.45, 2.75) is 13.3 Å². The zero-order valence-corrected chi connectivity index (χ0v) is 19.8. The van der Waals surface area contributed by atoms with Crippen molar-refractivity contribution >= 4 is 34.1 Å². The van der Waals surface area contributed by atoms with Crippen LogP contribution in [0.25, 0.3) is 28.1 Å². The number of hydrogen-bond acceptors (Lipinski definition) is 4. The second kappa shape index (κ2) is 11.3. The minimum atomic E-state index is -0.969. The molecule has 0 aliphatic carbocycles. The van der Waals surface area contributed by atoms with E-state index in [-0.39, 0.29) is 0 Å². The van der Waals surface area contributed by atoms with Gasteiger partial charge < -0.3 is 14.6 Å². The Morgan fingerprint density at radius 2 is 1.80 bits per heavy atom. The summed E-state index contributed by atoms with van der Waals surface area (Å²) in [5, 5.41) is 17.2. The number of benzene rings is 3. The van der Waals surface area contributed by atoms with Gasteiger partial charge in [0.1, 0.15) is 12.4 Å². The van der Waals surface area contributed by atoms with Crippen LogP contribution in [0, 0.1) is 0 Å². The van der Waals surface area contributed by atoms with Crippen molar-refractivity contribution < 1.29 is 19.4 Å². The Labute approximate surface area is 204 Å². The third-order valence-corrected chi connectivity index (χ3v) is 5.74. The van der Waals surface area contributed by atoms with Crippen LogP contribution < -0.4 is 4.74 Å². The van der Waals surface area contributed by atoms with Gasteiger partial charge in [0.15, 0.2) is 0 Å². The number of allylic oxidation sites excluding steroid dienone is 1. The number of aliphatic carboxylic acids is 1. The average Bonchev–Trinajstić information content (AvgIpc) is 3.35. The molecule has 6 nitrogen and oxygen atoms in total. The van der Waals surface area contributed by atoms with Crippen LogP contribution in [0.5, 0.6) is 5.75 Å². The Morgan fingerprint density at radius 3 is 2.54 bits per heavy atom. The number of carboxylic acids is 1. The fourth-order valence-electron chi connectivity index (χ4n) is 4.08. The predicted octanol–water partition coefficient (Wildman–Crippen LogP) is 6.06. The fourth-order valence-corrected chi connectivity index (χ4v) is 4.08. The first-order chi connectivity index (χ1) is 17.1. The average molecular weight is 469 g/mol. The van der Waals surface area contributed by atoms with Gasteiger partial charge in [-0.05, 0) is 70.2 Å². The highest BCUT2D eigenvalue weighted by Crippen LogP contribution is 2.36. The molecule has 0 bridgehead atoms. The van der Waals surface area contributed by atoms with Crippen molar-refractivity contribution in [1.29, 1.82) is 0 Å². The van der Waals surface area contributed by atoms with Crippen LogP contribution in [0.1, 0.15) is 35.6 Å². The number of methoxy groups -OCH3 is 1. The number of fused-ring (bicyclic) bond motifs is 1. The number of rotatable bonds is 10. The summed E-state index contributed by atoms with van der Waals surface area (Å²) in [5.41, 5.74) is 7.30. The maximum absolute atomic E-state index is 10.9. The number of nitrogens with zero attached hydrogens (tertiary/aromatic N) is 1. The van der Waals surface area contributed by atoms with Crippen LogP contribution in [0.15, 0.2) is 79.0 Å². The van der Waals surface area contributed by atoms with E-state index in [9.17, 15) is 4.79 Å². The van der Waals surface area contributed by atoms with Crippen LogP contribution in [0.2, 0.25) is 0 Å². The molecule has 0 saturated heterocycles. The van der Waals surface area contributed by atoms with E-state index in [1.807, 2.05) is 48.7 Å². The summed E-state index contributed by atoms with van der Waals surface area (Å²) in [7, 11) is 1.66. The third-order valence-electron chi connectivity index (χ3n) is 5.74. The zero-order chi connectivity index (χ0) is 24.6. The molecule has 0 unspecified atom stereocenters. The van der Waals surface area contributed by atoms with Gasteiger partial charge in [0, 0.05) is 18.6 Å². The number of carboxylic acid groups (broad SMARTS) is 1. The molecule has 0 spiro atoms. The van der Waals surface area contributed by atoms with Gasteiger partial charge in [-0.1, -0.05) is 49.4 Å². The minimum Gasteiger partial charge on any atom is -0.491 e. The highest BCUT2D eigenvalue weighted by molar-refractivity contribution is 6.00. The highest BCUT2D eigenvalue weighted by atomic mass is 16.5. The summed E-state index contributed by atoms with van der Waals surface area (Å²) in [6.07, 6.45) is 5.37. The number of aromatic amines is 1. The summed E-state index contributed by atoms with van der Waals surface area (Å²) in [4.78, 5) is 10.9. The van der Waals surface area contributed by atoms with Crippen molar-refractivity contribution in [2.75, 3.05) is 20.3 Å². The van der Waals surface area contributed by atoms with Crippen LogP contribution >= 0.6 is 0 Å². The molecule has 0 saturated carbocycles. The Morgan fingerprint density at radius 1 is 1.00 bits per heavy atom. The normalized spacial score (nSPS) is 12.2. The molecule has 3 aromatic carbocycles. The monoisotopic (exact) mass is 468 g/mol. The number of hydrogen-bond donors (Lipinski definition) is 2. The van der Waals surface area contributed by atoms with Crippen LogP contribution in [0.3, 0.4) is 0 Å². The van der Waals surface area contributed by atoms with Crippen molar-refractivity contribution in [3.63, 3.8) is 0 Å². The molecule has 178 valence electrons. The summed E-state index contributed by atoms with van der Waals surface area (Å²) < 4.78 is 11.0. The third kappa shape index (κ3) is 5.86. The number of H-pyrrole nitrogens is 1. The van der Waals surface area contributed by atoms with Gasteiger partial charge in [-0.3, -0.25) is 5.10 Å². The predicted molar refractivity (Wildman–Crippen MR) is 139 cm³/mol. The maximum Gasteiger partial charge on any atom is 0.328 e. The van der Waals surface area contributed by atoms with E-state index in [1.165, 1.54) is 5.57 Å². The molecular formula is C29H28N2O4. The fraction of sp³-hybridized carbons (Fsp3) is 0.172. The SMILES string of the molecule is CCC(=C(c1ccc(C=CC(=O)O)cc1)c1ccc2[nH]ncc2c1)c1cccc(OCCOC)c1. The summed E-state index contributed by atoms with van der Waals surface area (Å²) in [6, 6.07) is 22.3. The van der Waals surface area contributed by atoms with E-state index < -0.39 is 5.97 Å². The Hall–Kier alpha value is -4.16. The maximum atomic E-state index is 10.9. The summed E-state index contributed by atoms with van der Waals surface area (Å²) in [6.45, 7) is 3.16. The molecule has 35 heavy (non-hydrogen) atoms. The Balaban J connectivity index is 1.84. The number of carbonyl (C=O) groups is 1.